The number of hydrogen-bond donors (Lipinski definition) is 1. The lowest BCUT2D eigenvalue weighted by Gasteiger charge is -2.28. The van der Waals surface area contributed by atoms with Crippen LogP contribution in [0.4, 0.5) is 79.0 Å². The van der Waals surface area contributed by atoms with E-state index in [1.807, 2.05) is 55.9 Å². The summed E-state index contributed by atoms with van der Waals surface area (Å²) >= 11 is 3.18. The van der Waals surface area contributed by atoms with Crippen molar-refractivity contribution in [2.45, 2.75) is 181 Å². The van der Waals surface area contributed by atoms with Crippen LogP contribution in [0.5, 0.6) is 0 Å². The van der Waals surface area contributed by atoms with Crippen molar-refractivity contribution in [2.75, 3.05) is 78.0 Å². The number of alkyl halides is 19. The van der Waals surface area contributed by atoms with Crippen LogP contribution in [0.3, 0.4) is 0 Å². The predicted molar refractivity (Wildman–Crippen MR) is 275 cm³/mol. The number of carbonyl (C=O) groups excluding carboxylic acids is 1. The standard InChI is InChI=1S/C12H25F3O4Si.C11H15F3NO.C9H13F3O3.C6H10BrF3O.C6H11F3O2.C6H9F3O.BrH/c1-4-17-20(18-5-2,19-6-3)11-9-7-8-10-16-12(13,14)15;12-11(13,14)16-10-6-2-5-9-15-7-3-1-4-8-15;1-2-8(13)14-6-4-3-5-7-15-9(10,11)12;7-4-2-1-3-5-11-6(8,9)10;7-6(8,9)11-5-3-1-2-4-10;1-2-3-4-5-10-6(7,8)9;/h4-11H2,1-3H3;1,3-4,7-8H,2,5-6,9-10H2;2H,1,3-7H2;1-5H2;10H,1-5H2;2H,1,3-5H2;1H/q;+1;;;;;/p-1. The van der Waals surface area contributed by atoms with Crippen molar-refractivity contribution in [3.8, 4) is 0 Å². The molecule has 1 rings (SSSR count). The van der Waals surface area contributed by atoms with Gasteiger partial charge in [-0.1, -0.05) is 47.5 Å². The van der Waals surface area contributed by atoms with Crippen LogP contribution in [0.1, 0.15) is 130 Å². The number of aromatic nitrogens is 1. The molecule has 84 heavy (non-hydrogen) atoms. The van der Waals surface area contributed by atoms with E-state index in [4.69, 9.17) is 18.4 Å². The Kier molecular flexibility index (Phi) is 64.4. The van der Waals surface area contributed by atoms with Crippen molar-refractivity contribution in [1.82, 2.24) is 0 Å². The van der Waals surface area contributed by atoms with Crippen molar-refractivity contribution in [3.63, 3.8) is 0 Å². The van der Waals surface area contributed by atoms with Crippen molar-refractivity contribution in [1.29, 1.82) is 0 Å². The quantitative estimate of drug-likeness (QED) is 0.00983. The number of pyridine rings is 1. The molecule has 0 fully saturated rings. The minimum atomic E-state index is -4.56. The van der Waals surface area contributed by atoms with Crippen LogP contribution in [-0.4, -0.2) is 136 Å². The normalized spacial score (nSPS) is 11.8. The number of hydrogen-bond acceptors (Lipinski definition) is 12. The van der Waals surface area contributed by atoms with Crippen LogP contribution < -0.4 is 21.5 Å². The highest BCUT2D eigenvalue weighted by atomic mass is 79.9. The maximum atomic E-state index is 11.8. The van der Waals surface area contributed by atoms with Crippen LogP contribution in [-0.2, 0) is 57.8 Å². The van der Waals surface area contributed by atoms with Gasteiger partial charge in [0.15, 0.2) is 12.4 Å². The molecule has 0 aliphatic rings. The van der Waals surface area contributed by atoms with Crippen LogP contribution in [0.2, 0.25) is 6.04 Å². The van der Waals surface area contributed by atoms with Crippen LogP contribution in [0.15, 0.2) is 55.9 Å². The third kappa shape index (κ3) is 88.4. The number of aliphatic hydroxyl groups is 1. The number of rotatable bonds is 39. The van der Waals surface area contributed by atoms with Crippen molar-refractivity contribution < 1.29 is 157 Å². The number of halogens is 20. The van der Waals surface area contributed by atoms with Gasteiger partial charge in [0, 0.05) is 62.4 Å². The predicted octanol–water partition coefficient (Wildman–Crippen LogP) is 13.1. The molecular formula is C50H83Br2F18NO12Si. The topological polar surface area (TPSA) is 133 Å². The van der Waals surface area contributed by atoms with Gasteiger partial charge in [0.05, 0.1) is 46.2 Å². The summed E-state index contributed by atoms with van der Waals surface area (Å²) in [5.74, 6) is -0.526. The number of nitrogens with zero attached hydrogens (tertiary/aromatic N) is 1. The molecule has 0 saturated carbocycles. The molecule has 0 aliphatic heterocycles. The van der Waals surface area contributed by atoms with Gasteiger partial charge in [-0.2, -0.15) is 0 Å². The van der Waals surface area contributed by atoms with E-state index in [1.165, 1.54) is 0 Å². The van der Waals surface area contributed by atoms with Crippen molar-refractivity contribution >= 4 is 30.7 Å². The van der Waals surface area contributed by atoms with Crippen LogP contribution >= 0.6 is 15.9 Å². The monoisotopic (exact) mass is 1420 g/mol. The minimum Gasteiger partial charge on any atom is -1.00 e. The molecule has 0 radical (unpaired) electrons. The zero-order valence-corrected chi connectivity index (χ0v) is 51.5. The molecule has 1 aromatic rings. The van der Waals surface area contributed by atoms with Gasteiger partial charge in [0.2, 0.25) is 0 Å². The summed E-state index contributed by atoms with van der Waals surface area (Å²) in [6, 6.07) is 6.39. The summed E-state index contributed by atoms with van der Waals surface area (Å²) in [7, 11) is -2.66. The molecule has 0 amide bonds. The van der Waals surface area contributed by atoms with Gasteiger partial charge in [-0.25, -0.2) is 9.36 Å². The molecule has 504 valence electrons. The maximum absolute atomic E-state index is 11.8. The minimum absolute atomic E-state index is 0. The number of ether oxygens (including phenoxy) is 7. The Morgan fingerprint density at radius 1 is 0.476 bits per heavy atom. The molecule has 0 aromatic carbocycles. The second-order valence-electron chi connectivity index (χ2n) is 16.1. The van der Waals surface area contributed by atoms with Crippen molar-refractivity contribution in [3.05, 3.63) is 55.9 Å². The first-order chi connectivity index (χ1) is 38.6. The Morgan fingerprint density at radius 2 is 0.798 bits per heavy atom. The number of carbonyl (C=O) groups is 1. The number of aryl methyl sites for hydroxylation is 1. The Morgan fingerprint density at radius 3 is 1.12 bits per heavy atom. The van der Waals surface area contributed by atoms with Gasteiger partial charge in [-0.3, -0.25) is 28.4 Å². The van der Waals surface area contributed by atoms with Crippen LogP contribution in [0, 0.1) is 0 Å². The summed E-state index contributed by atoms with van der Waals surface area (Å²) in [5, 5.41) is 9.09. The average Bonchev–Trinajstić information content (AvgIpc) is 3.42. The van der Waals surface area contributed by atoms with Gasteiger partial charge >= 0.3 is 52.9 Å². The summed E-state index contributed by atoms with van der Waals surface area (Å²) in [6.07, 6.45) is -11.1. The zero-order chi connectivity index (χ0) is 64.6. The highest BCUT2D eigenvalue weighted by molar-refractivity contribution is 9.09. The van der Waals surface area contributed by atoms with Gasteiger partial charge in [0.1, 0.15) is 6.54 Å². The number of allylic oxidation sites excluding steroid dienone is 1. The smallest absolute Gasteiger partial charge is 0.522 e. The lowest BCUT2D eigenvalue weighted by atomic mass is 10.2. The largest absolute Gasteiger partial charge is 1.00 e. The lowest BCUT2D eigenvalue weighted by molar-refractivity contribution is -0.697. The highest BCUT2D eigenvalue weighted by Crippen LogP contribution is 2.23. The summed E-state index contributed by atoms with van der Waals surface area (Å²) in [4.78, 5) is 10.5. The average molecular weight is 1420 g/mol. The second kappa shape index (κ2) is 58.3. The van der Waals surface area contributed by atoms with E-state index in [9.17, 15) is 83.8 Å². The van der Waals surface area contributed by atoms with Gasteiger partial charge in [-0.15, -0.1) is 85.6 Å². The van der Waals surface area contributed by atoms with E-state index in [1.54, 1.807) is 6.08 Å². The van der Waals surface area contributed by atoms with Gasteiger partial charge in [0.25, 0.3) is 0 Å². The van der Waals surface area contributed by atoms with E-state index in [0.717, 1.165) is 43.6 Å². The molecule has 1 aromatic heterocycles. The fourth-order valence-corrected chi connectivity index (χ4v) is 8.59. The van der Waals surface area contributed by atoms with E-state index in [-0.39, 0.29) is 76.3 Å². The first-order valence-electron chi connectivity index (χ1n) is 26.3. The fraction of sp³-hybridized carbons (Fsp3) is 0.800. The van der Waals surface area contributed by atoms with E-state index in [2.05, 4.69) is 62.2 Å². The van der Waals surface area contributed by atoms with Crippen molar-refractivity contribution in [2.24, 2.45) is 0 Å². The molecule has 0 spiro atoms. The molecule has 0 aliphatic carbocycles. The number of aliphatic hydroxyl groups excluding tert-OH is 1. The highest BCUT2D eigenvalue weighted by Gasteiger charge is 2.40. The van der Waals surface area contributed by atoms with E-state index >= 15 is 0 Å². The molecule has 0 atom stereocenters. The summed E-state index contributed by atoms with van der Waals surface area (Å²) < 4.78 is 251. The van der Waals surface area contributed by atoms with Gasteiger partial charge < -0.3 is 40.1 Å². The summed E-state index contributed by atoms with van der Waals surface area (Å²) in [5.41, 5.74) is 0. The van der Waals surface area contributed by atoms with E-state index in [0.29, 0.717) is 103 Å². The lowest BCUT2D eigenvalue weighted by Crippen LogP contribution is -3.00. The van der Waals surface area contributed by atoms with Gasteiger partial charge in [-0.05, 0) is 111 Å². The molecule has 0 bridgehead atoms. The maximum Gasteiger partial charge on any atom is 0.522 e. The Labute approximate surface area is 500 Å². The third-order valence-electron chi connectivity index (χ3n) is 8.99. The molecular weight excluding hydrogens is 1340 g/mol. The molecule has 13 nitrogen and oxygen atoms in total. The third-order valence-corrected chi connectivity index (χ3v) is 12.7. The molecule has 1 heterocycles. The first-order valence-corrected chi connectivity index (χ1v) is 29.3. The fourth-order valence-electron chi connectivity index (χ4n) is 5.51. The zero-order valence-electron chi connectivity index (χ0n) is 47.3. The number of esters is 1. The Balaban J connectivity index is -0.000000220. The molecule has 0 saturated heterocycles. The Hall–Kier alpha value is -2.38. The molecule has 1 N–H and O–H groups in total. The second-order valence-corrected chi connectivity index (χ2v) is 19.7. The molecule has 34 heteroatoms. The number of unbranched alkanes of at least 4 members (excludes halogenated alkanes) is 11. The molecule has 0 unspecified atom stereocenters. The van der Waals surface area contributed by atoms with E-state index < -0.39 is 52.9 Å². The SMILES string of the molecule is C=CC(=O)OCCCCCOC(F)(F)F.C=CCCCOC(F)(F)F.CCO[Si](CCCCCOC(F)(F)F)(OCC)OCC.FC(F)(F)OCCCCCBr.FC(F)(F)OCCCCC[n+]1ccccc1.OCCCCCOC(F)(F)F.[Br-]. The van der Waals surface area contributed by atoms with Crippen LogP contribution in [0.25, 0.3) is 0 Å². The Bertz CT molecular complexity index is 1550. The summed E-state index contributed by atoms with van der Waals surface area (Å²) in [6.45, 7) is 13.0. The first kappa shape index (κ1) is 92.8.